The van der Waals surface area contributed by atoms with E-state index in [1.54, 1.807) is 7.11 Å². The summed E-state index contributed by atoms with van der Waals surface area (Å²) < 4.78 is 11.6. The van der Waals surface area contributed by atoms with Crippen molar-refractivity contribution < 1.29 is 9.47 Å². The largest absolute Gasteiger partial charge is 0.493 e. The number of benzene rings is 2. The number of rotatable bonds is 8. The average molecular weight is 439 g/mol. The minimum Gasteiger partial charge on any atom is -0.493 e. The van der Waals surface area contributed by atoms with E-state index in [9.17, 15) is 0 Å². The van der Waals surface area contributed by atoms with E-state index in [-0.39, 0.29) is 24.8 Å². The first-order chi connectivity index (χ1) is 13.2. The number of methoxy groups -OCH3 is 1. The van der Waals surface area contributed by atoms with E-state index >= 15 is 0 Å². The normalized spacial score (nSPS) is 14.8. The van der Waals surface area contributed by atoms with Gasteiger partial charge in [0.2, 0.25) is 0 Å². The molecule has 160 valence electrons. The van der Waals surface area contributed by atoms with Crippen molar-refractivity contribution in [3.63, 3.8) is 0 Å². The number of hydrogen-bond acceptors (Lipinski definition) is 4. The Balaban J connectivity index is 0.00000210. The summed E-state index contributed by atoms with van der Waals surface area (Å²) in [7, 11) is 1.70. The molecule has 1 aliphatic rings. The fourth-order valence-corrected chi connectivity index (χ4v) is 3.53. The minimum atomic E-state index is 0. The molecule has 0 spiro atoms. The van der Waals surface area contributed by atoms with Gasteiger partial charge in [-0.1, -0.05) is 42.0 Å². The molecule has 0 aromatic heterocycles. The molecule has 0 aliphatic carbocycles. The fraction of sp³-hybridized carbons (Fsp3) is 0.391. The number of halogens is 2. The second kappa shape index (κ2) is 12.8. The molecule has 0 amide bonds. The van der Waals surface area contributed by atoms with Crippen LogP contribution in [0.1, 0.15) is 30.5 Å². The Morgan fingerprint density at radius 1 is 1.07 bits per heavy atom. The van der Waals surface area contributed by atoms with Crippen molar-refractivity contribution in [2.24, 2.45) is 0 Å². The maximum atomic E-state index is 6.01. The third-order valence-electron chi connectivity index (χ3n) is 4.94. The molecule has 0 unspecified atom stereocenters. The van der Waals surface area contributed by atoms with Crippen molar-refractivity contribution in [2.75, 3.05) is 33.3 Å². The summed E-state index contributed by atoms with van der Waals surface area (Å²) in [5.74, 6) is 1.56. The third-order valence-corrected chi connectivity index (χ3v) is 4.94. The predicted molar refractivity (Wildman–Crippen MR) is 125 cm³/mol. The SMILES string of the molecule is C=C(C)C[C@H](c1ccc(OCc2ccccc2)c(OC)c1)N1CCNCC1.Cl.Cl. The topological polar surface area (TPSA) is 33.7 Å². The van der Waals surface area contributed by atoms with Gasteiger partial charge in [0, 0.05) is 32.2 Å². The highest BCUT2D eigenvalue weighted by Gasteiger charge is 2.23. The first kappa shape index (κ1) is 25.3. The summed E-state index contributed by atoms with van der Waals surface area (Å²) in [5.41, 5.74) is 3.59. The lowest BCUT2D eigenvalue weighted by Crippen LogP contribution is -2.45. The van der Waals surface area contributed by atoms with Crippen LogP contribution in [0, 0.1) is 0 Å². The summed E-state index contributed by atoms with van der Waals surface area (Å²) in [5, 5.41) is 3.43. The van der Waals surface area contributed by atoms with E-state index in [4.69, 9.17) is 9.47 Å². The molecule has 4 nitrogen and oxygen atoms in total. The molecule has 6 heteroatoms. The average Bonchev–Trinajstić information content (AvgIpc) is 2.71. The highest BCUT2D eigenvalue weighted by molar-refractivity contribution is 5.85. The van der Waals surface area contributed by atoms with Gasteiger partial charge in [-0.05, 0) is 36.6 Å². The van der Waals surface area contributed by atoms with Gasteiger partial charge in [0.1, 0.15) is 6.61 Å². The lowest BCUT2D eigenvalue weighted by Gasteiger charge is -2.35. The van der Waals surface area contributed by atoms with Crippen LogP contribution in [0.2, 0.25) is 0 Å². The zero-order valence-corrected chi connectivity index (χ0v) is 18.9. The van der Waals surface area contributed by atoms with Crippen LogP contribution in [0.25, 0.3) is 0 Å². The third kappa shape index (κ3) is 7.23. The van der Waals surface area contributed by atoms with E-state index in [1.807, 2.05) is 24.3 Å². The molecule has 1 aliphatic heterocycles. The second-order valence-electron chi connectivity index (χ2n) is 7.15. The number of hydrogen-bond donors (Lipinski definition) is 1. The van der Waals surface area contributed by atoms with Crippen LogP contribution in [-0.4, -0.2) is 38.2 Å². The monoisotopic (exact) mass is 438 g/mol. The number of nitrogens with one attached hydrogen (secondary N) is 1. The molecule has 1 N–H and O–H groups in total. The van der Waals surface area contributed by atoms with E-state index < -0.39 is 0 Å². The van der Waals surface area contributed by atoms with Gasteiger partial charge in [-0.3, -0.25) is 4.90 Å². The van der Waals surface area contributed by atoms with E-state index in [0.717, 1.165) is 49.7 Å². The maximum Gasteiger partial charge on any atom is 0.161 e. The lowest BCUT2D eigenvalue weighted by molar-refractivity contribution is 0.172. The zero-order chi connectivity index (χ0) is 19.1. The van der Waals surface area contributed by atoms with Gasteiger partial charge in [-0.15, -0.1) is 31.4 Å². The highest BCUT2D eigenvalue weighted by atomic mass is 35.5. The van der Waals surface area contributed by atoms with Crippen LogP contribution < -0.4 is 14.8 Å². The van der Waals surface area contributed by atoms with E-state index in [0.29, 0.717) is 12.6 Å². The van der Waals surface area contributed by atoms with Gasteiger partial charge >= 0.3 is 0 Å². The van der Waals surface area contributed by atoms with Gasteiger partial charge < -0.3 is 14.8 Å². The van der Waals surface area contributed by atoms with E-state index in [1.165, 1.54) is 11.1 Å². The van der Waals surface area contributed by atoms with Crippen molar-refractivity contribution in [1.29, 1.82) is 0 Å². The molecule has 1 saturated heterocycles. The van der Waals surface area contributed by atoms with Crippen LogP contribution in [0.5, 0.6) is 11.5 Å². The molecule has 0 saturated carbocycles. The predicted octanol–water partition coefficient (Wildman–Crippen LogP) is 5.03. The molecule has 2 aromatic rings. The maximum absolute atomic E-state index is 6.01. The van der Waals surface area contributed by atoms with E-state index in [2.05, 4.69) is 48.0 Å². The summed E-state index contributed by atoms with van der Waals surface area (Å²) in [6.45, 7) is 10.9. The summed E-state index contributed by atoms with van der Waals surface area (Å²) in [6, 6.07) is 16.8. The Kier molecular flexibility index (Phi) is 11.1. The summed E-state index contributed by atoms with van der Waals surface area (Å²) >= 11 is 0. The van der Waals surface area contributed by atoms with Crippen molar-refractivity contribution in [3.05, 3.63) is 71.8 Å². The van der Waals surface area contributed by atoms with Crippen molar-refractivity contribution in [3.8, 4) is 11.5 Å². The molecule has 1 fully saturated rings. The molecule has 1 heterocycles. The number of piperazine rings is 1. The molecule has 29 heavy (non-hydrogen) atoms. The Hall–Kier alpha value is -1.72. The molecule has 0 bridgehead atoms. The Morgan fingerprint density at radius 3 is 2.38 bits per heavy atom. The van der Waals surface area contributed by atoms with Crippen molar-refractivity contribution in [1.82, 2.24) is 10.2 Å². The van der Waals surface area contributed by atoms with Gasteiger partial charge in [-0.2, -0.15) is 0 Å². The Morgan fingerprint density at radius 2 is 1.76 bits per heavy atom. The quantitative estimate of drug-likeness (QED) is 0.585. The standard InChI is InChI=1S/C23H30N2O2.2ClH/c1-18(2)15-21(25-13-11-24-12-14-25)20-9-10-22(23(16-20)26-3)27-17-19-7-5-4-6-8-19;;/h4-10,16,21,24H,1,11-15,17H2,2-3H3;2*1H/t21-;;/m1../s1. The second-order valence-corrected chi connectivity index (χ2v) is 7.15. The van der Waals surface area contributed by atoms with Gasteiger partial charge in [0.15, 0.2) is 11.5 Å². The van der Waals surface area contributed by atoms with Crippen LogP contribution in [-0.2, 0) is 6.61 Å². The lowest BCUT2D eigenvalue weighted by atomic mass is 9.97. The molecular formula is C23H32Cl2N2O2. The molecule has 1 atom stereocenters. The zero-order valence-electron chi connectivity index (χ0n) is 17.2. The number of ether oxygens (including phenoxy) is 2. The summed E-state index contributed by atoms with van der Waals surface area (Å²) in [6.07, 6.45) is 0.952. The Bertz CT molecular complexity index is 750. The minimum absolute atomic E-state index is 0. The first-order valence-corrected chi connectivity index (χ1v) is 9.61. The van der Waals surface area contributed by atoms with Crippen LogP contribution in [0.3, 0.4) is 0 Å². The molecule has 2 aromatic carbocycles. The van der Waals surface area contributed by atoms with Gasteiger partial charge in [0.05, 0.1) is 7.11 Å². The van der Waals surface area contributed by atoms with Crippen LogP contribution >= 0.6 is 24.8 Å². The molecule has 3 rings (SSSR count). The van der Waals surface area contributed by atoms with Crippen molar-refractivity contribution >= 4 is 24.8 Å². The Labute approximate surface area is 187 Å². The molecule has 0 radical (unpaired) electrons. The van der Waals surface area contributed by atoms with Gasteiger partial charge in [-0.25, -0.2) is 0 Å². The van der Waals surface area contributed by atoms with Gasteiger partial charge in [0.25, 0.3) is 0 Å². The van der Waals surface area contributed by atoms with Crippen LogP contribution in [0.4, 0.5) is 0 Å². The fourth-order valence-electron chi connectivity index (χ4n) is 3.53. The van der Waals surface area contributed by atoms with Crippen molar-refractivity contribution in [2.45, 2.75) is 26.0 Å². The molecular weight excluding hydrogens is 407 g/mol. The van der Waals surface area contributed by atoms with Crippen LogP contribution in [0.15, 0.2) is 60.7 Å². The summed E-state index contributed by atoms with van der Waals surface area (Å²) in [4.78, 5) is 2.53. The highest BCUT2D eigenvalue weighted by Crippen LogP contribution is 2.35. The number of nitrogens with zero attached hydrogens (tertiary/aromatic N) is 1. The smallest absolute Gasteiger partial charge is 0.161 e. The first-order valence-electron chi connectivity index (χ1n) is 9.61.